The van der Waals surface area contributed by atoms with Crippen LogP contribution in [0.4, 0.5) is 20.6 Å². The van der Waals surface area contributed by atoms with Crippen LogP contribution >= 0.6 is 0 Å². The average Bonchev–Trinajstić information content (AvgIpc) is 3.74. The number of rotatable bonds is 7. The van der Waals surface area contributed by atoms with Crippen molar-refractivity contribution < 1.29 is 28.6 Å². The van der Waals surface area contributed by atoms with Gasteiger partial charge in [-0.3, -0.25) is 9.59 Å². The van der Waals surface area contributed by atoms with E-state index in [9.17, 15) is 23.9 Å². The lowest BCUT2D eigenvalue weighted by Gasteiger charge is -2.34. The van der Waals surface area contributed by atoms with E-state index < -0.39 is 18.0 Å². The summed E-state index contributed by atoms with van der Waals surface area (Å²) in [5.74, 6) is -0.220. The predicted octanol–water partition coefficient (Wildman–Crippen LogP) is 3.49. The Morgan fingerprint density at radius 3 is 2.50 bits per heavy atom. The largest absolute Gasteiger partial charge is 0.488 e. The SMILES string of the molecule is C[C@@H]1CN([C@H](C)CO)C(=O)Cc2cc(NC(=O)C3CC3)ccc2O[C@@H]1CN(C)C(=O)Nc1ccc(F)cc1. The molecular weight excluding hydrogens is 491 g/mol. The molecule has 2 aromatic carbocycles. The third kappa shape index (κ3) is 6.80. The maximum atomic E-state index is 13.3. The molecule has 4 amide bonds. The second kappa shape index (κ2) is 11.8. The van der Waals surface area contributed by atoms with Gasteiger partial charge in [-0.15, -0.1) is 0 Å². The number of hydrogen-bond acceptors (Lipinski definition) is 5. The molecule has 0 radical (unpaired) electrons. The third-order valence-corrected chi connectivity index (χ3v) is 7.03. The predicted molar refractivity (Wildman–Crippen MR) is 141 cm³/mol. The molecule has 3 N–H and O–H groups in total. The fourth-order valence-electron chi connectivity index (χ4n) is 4.42. The number of urea groups is 1. The zero-order valence-corrected chi connectivity index (χ0v) is 21.9. The molecule has 0 aromatic heterocycles. The van der Waals surface area contributed by atoms with Crippen LogP contribution < -0.4 is 15.4 Å². The average molecular weight is 527 g/mol. The van der Waals surface area contributed by atoms with Gasteiger partial charge in [-0.2, -0.15) is 0 Å². The number of anilines is 2. The summed E-state index contributed by atoms with van der Waals surface area (Å²) in [4.78, 5) is 41.6. The van der Waals surface area contributed by atoms with Gasteiger partial charge < -0.3 is 30.3 Å². The van der Waals surface area contributed by atoms with E-state index in [1.54, 1.807) is 37.1 Å². The van der Waals surface area contributed by atoms with Crippen LogP contribution in [-0.2, 0) is 16.0 Å². The molecule has 1 aliphatic heterocycles. The van der Waals surface area contributed by atoms with Gasteiger partial charge in [0.25, 0.3) is 0 Å². The van der Waals surface area contributed by atoms with E-state index in [4.69, 9.17) is 4.74 Å². The van der Waals surface area contributed by atoms with Crippen LogP contribution in [0.3, 0.4) is 0 Å². The summed E-state index contributed by atoms with van der Waals surface area (Å²) in [5, 5.41) is 15.5. The topological polar surface area (TPSA) is 111 Å². The van der Waals surface area contributed by atoms with Gasteiger partial charge >= 0.3 is 6.03 Å². The van der Waals surface area contributed by atoms with Crippen molar-refractivity contribution >= 4 is 29.2 Å². The van der Waals surface area contributed by atoms with Gasteiger partial charge in [0.15, 0.2) is 0 Å². The van der Waals surface area contributed by atoms with Gasteiger partial charge in [0.2, 0.25) is 11.8 Å². The van der Waals surface area contributed by atoms with E-state index in [1.807, 2.05) is 6.92 Å². The summed E-state index contributed by atoms with van der Waals surface area (Å²) in [6, 6.07) is 9.97. The first-order valence-corrected chi connectivity index (χ1v) is 12.9. The van der Waals surface area contributed by atoms with E-state index in [2.05, 4.69) is 10.6 Å². The Labute approximate surface area is 221 Å². The molecule has 0 bridgehead atoms. The Morgan fingerprint density at radius 2 is 1.84 bits per heavy atom. The molecule has 1 aliphatic carbocycles. The Morgan fingerprint density at radius 1 is 1.16 bits per heavy atom. The van der Waals surface area contributed by atoms with Crippen molar-refractivity contribution in [1.29, 1.82) is 0 Å². The molecule has 38 heavy (non-hydrogen) atoms. The van der Waals surface area contributed by atoms with Crippen LogP contribution in [0, 0.1) is 17.7 Å². The molecule has 0 spiro atoms. The van der Waals surface area contributed by atoms with Crippen LogP contribution in [0.15, 0.2) is 42.5 Å². The number of nitrogens with zero attached hydrogens (tertiary/aromatic N) is 2. The number of aliphatic hydroxyl groups is 1. The standard InChI is InChI=1S/C28H35FN4O5/c1-17-14-33(18(2)16-34)26(35)13-20-12-23(30-27(36)19-4-5-19)10-11-24(20)38-25(17)15-32(3)28(37)31-22-8-6-21(29)7-9-22/h6-12,17-19,25,34H,4-5,13-16H2,1-3H3,(H,30,36)(H,31,37)/t17-,18-,25-/m1/s1. The van der Waals surface area contributed by atoms with Gasteiger partial charge in [0.05, 0.1) is 25.6 Å². The monoisotopic (exact) mass is 526 g/mol. The number of ether oxygens (including phenoxy) is 1. The zero-order valence-electron chi connectivity index (χ0n) is 21.9. The van der Waals surface area contributed by atoms with Gasteiger partial charge in [-0.1, -0.05) is 6.92 Å². The Kier molecular flexibility index (Phi) is 8.51. The maximum Gasteiger partial charge on any atom is 0.321 e. The highest BCUT2D eigenvalue weighted by molar-refractivity contribution is 5.94. The van der Waals surface area contributed by atoms with Crippen molar-refractivity contribution in [2.24, 2.45) is 11.8 Å². The number of carbonyl (C=O) groups excluding carboxylic acids is 3. The molecule has 10 heteroatoms. The van der Waals surface area contributed by atoms with E-state index in [-0.39, 0.29) is 49.3 Å². The second-order valence-corrected chi connectivity index (χ2v) is 10.3. The smallest absolute Gasteiger partial charge is 0.321 e. The van der Waals surface area contributed by atoms with Crippen LogP contribution in [0.5, 0.6) is 5.75 Å². The van der Waals surface area contributed by atoms with Gasteiger partial charge in [0, 0.05) is 42.4 Å². The minimum absolute atomic E-state index is 0.0314. The summed E-state index contributed by atoms with van der Waals surface area (Å²) in [7, 11) is 1.64. The molecule has 2 aliphatic rings. The van der Waals surface area contributed by atoms with Gasteiger partial charge in [-0.05, 0) is 62.2 Å². The minimum Gasteiger partial charge on any atom is -0.488 e. The molecule has 1 fully saturated rings. The van der Waals surface area contributed by atoms with E-state index >= 15 is 0 Å². The first kappa shape index (κ1) is 27.4. The summed E-state index contributed by atoms with van der Waals surface area (Å²) in [5.41, 5.74) is 1.68. The Bertz CT molecular complexity index is 1170. The molecule has 9 nitrogen and oxygen atoms in total. The zero-order chi connectivity index (χ0) is 27.4. The molecule has 1 heterocycles. The van der Waals surface area contributed by atoms with Crippen molar-refractivity contribution in [3.05, 3.63) is 53.8 Å². The number of carbonyl (C=O) groups is 3. The number of benzene rings is 2. The summed E-state index contributed by atoms with van der Waals surface area (Å²) >= 11 is 0. The summed E-state index contributed by atoms with van der Waals surface area (Å²) in [6.45, 7) is 4.08. The van der Waals surface area contributed by atoms with Crippen molar-refractivity contribution in [1.82, 2.24) is 9.80 Å². The van der Waals surface area contributed by atoms with Crippen molar-refractivity contribution in [3.63, 3.8) is 0 Å². The first-order chi connectivity index (χ1) is 18.1. The molecule has 3 atom stereocenters. The van der Waals surface area contributed by atoms with E-state index in [0.29, 0.717) is 29.2 Å². The van der Waals surface area contributed by atoms with E-state index in [0.717, 1.165) is 12.8 Å². The fourth-order valence-corrected chi connectivity index (χ4v) is 4.42. The highest BCUT2D eigenvalue weighted by Crippen LogP contribution is 2.32. The van der Waals surface area contributed by atoms with Crippen LogP contribution in [-0.4, -0.2) is 71.6 Å². The second-order valence-electron chi connectivity index (χ2n) is 10.3. The number of likely N-dealkylation sites (N-methyl/N-ethyl adjacent to an activating group) is 1. The minimum atomic E-state index is -0.482. The lowest BCUT2D eigenvalue weighted by molar-refractivity contribution is -0.134. The highest BCUT2D eigenvalue weighted by Gasteiger charge is 2.33. The maximum absolute atomic E-state index is 13.3. The molecule has 0 saturated heterocycles. The normalized spacial score (nSPS) is 20.2. The summed E-state index contributed by atoms with van der Waals surface area (Å²) < 4.78 is 19.6. The fraction of sp³-hybridized carbons (Fsp3) is 0.464. The molecule has 1 saturated carbocycles. The number of fused-ring (bicyclic) bond motifs is 1. The number of nitrogens with one attached hydrogen (secondary N) is 2. The number of hydrogen-bond donors (Lipinski definition) is 3. The van der Waals surface area contributed by atoms with Gasteiger partial charge in [0.1, 0.15) is 17.7 Å². The lowest BCUT2D eigenvalue weighted by atomic mass is 10.0. The lowest BCUT2D eigenvalue weighted by Crippen LogP contribution is -2.48. The number of amides is 4. The number of halogens is 1. The quantitative estimate of drug-likeness (QED) is 0.512. The molecule has 4 rings (SSSR count). The van der Waals surface area contributed by atoms with Gasteiger partial charge in [-0.25, -0.2) is 9.18 Å². The third-order valence-electron chi connectivity index (χ3n) is 7.03. The molecule has 0 unspecified atom stereocenters. The number of aliphatic hydroxyl groups excluding tert-OH is 1. The molecular formula is C28H35FN4O5. The Hall–Kier alpha value is -3.66. The first-order valence-electron chi connectivity index (χ1n) is 12.9. The highest BCUT2D eigenvalue weighted by atomic mass is 19.1. The van der Waals surface area contributed by atoms with Crippen LogP contribution in [0.1, 0.15) is 32.3 Å². The Balaban J connectivity index is 1.56. The summed E-state index contributed by atoms with van der Waals surface area (Å²) in [6.07, 6.45) is 1.33. The molecule has 204 valence electrons. The van der Waals surface area contributed by atoms with Crippen molar-refractivity contribution in [2.75, 3.05) is 37.4 Å². The van der Waals surface area contributed by atoms with Crippen molar-refractivity contribution in [2.45, 2.75) is 45.3 Å². The van der Waals surface area contributed by atoms with E-state index in [1.165, 1.54) is 29.2 Å². The molecule has 2 aromatic rings. The van der Waals surface area contributed by atoms with Crippen LogP contribution in [0.25, 0.3) is 0 Å². The van der Waals surface area contributed by atoms with Crippen molar-refractivity contribution in [3.8, 4) is 5.75 Å². The van der Waals surface area contributed by atoms with Crippen LogP contribution in [0.2, 0.25) is 0 Å².